The molecule has 2 atom stereocenters. The van der Waals surface area contributed by atoms with Gasteiger partial charge in [-0.15, -0.1) is 0 Å². The molecule has 0 bridgehead atoms. The number of hydrogen-bond donors (Lipinski definition) is 2. The lowest BCUT2D eigenvalue weighted by atomic mass is 10.0. The molecule has 2 N–H and O–H groups in total. The predicted molar refractivity (Wildman–Crippen MR) is 73.1 cm³/mol. The van der Waals surface area contributed by atoms with Gasteiger partial charge in [0.25, 0.3) is 0 Å². The molecule has 0 saturated carbocycles. The minimum absolute atomic E-state index is 0.00394. The number of rotatable bonds is 3. The van der Waals surface area contributed by atoms with Gasteiger partial charge in [0.2, 0.25) is 0 Å². The van der Waals surface area contributed by atoms with Crippen LogP contribution in [0.15, 0.2) is 18.3 Å². The molecule has 0 spiro atoms. The van der Waals surface area contributed by atoms with Crippen molar-refractivity contribution in [3.63, 3.8) is 0 Å². The van der Waals surface area contributed by atoms with Crippen molar-refractivity contribution in [1.29, 1.82) is 0 Å². The average Bonchev–Trinajstić information content (AvgIpc) is 2.37. The van der Waals surface area contributed by atoms with E-state index in [-0.39, 0.29) is 18.3 Å². The highest BCUT2D eigenvalue weighted by atomic mass is 16.5. The van der Waals surface area contributed by atoms with Gasteiger partial charge >= 0.3 is 0 Å². The van der Waals surface area contributed by atoms with Crippen LogP contribution in [0.4, 0.5) is 5.82 Å². The van der Waals surface area contributed by atoms with Crippen LogP contribution in [0, 0.1) is 0 Å². The number of anilines is 1. The van der Waals surface area contributed by atoms with E-state index in [1.165, 1.54) is 0 Å². The Kier molecular flexibility index (Phi) is 4.08. The highest BCUT2D eigenvalue weighted by molar-refractivity contribution is 5.42. The Morgan fingerprint density at radius 2 is 2.32 bits per heavy atom. The highest BCUT2D eigenvalue weighted by Gasteiger charge is 2.33. The van der Waals surface area contributed by atoms with Gasteiger partial charge in [-0.2, -0.15) is 0 Å². The predicted octanol–water partition coefficient (Wildman–Crippen LogP) is 1.11. The van der Waals surface area contributed by atoms with Gasteiger partial charge in [0.15, 0.2) is 0 Å². The van der Waals surface area contributed by atoms with Crippen LogP contribution in [0.25, 0.3) is 0 Å². The Bertz CT molecular complexity index is 434. The van der Waals surface area contributed by atoms with Crippen LogP contribution in [-0.4, -0.2) is 46.6 Å². The van der Waals surface area contributed by atoms with Gasteiger partial charge in [-0.1, -0.05) is 0 Å². The van der Waals surface area contributed by atoms with Crippen LogP contribution in [0.2, 0.25) is 0 Å². The smallest absolute Gasteiger partial charge is 0.129 e. The number of nitrogens with zero attached hydrogens (tertiary/aromatic N) is 2. The largest absolute Gasteiger partial charge is 0.394 e. The standard InChI is InChI=1S/C14H22N2O3/c1-10(18)11-4-5-15-13(6-11)16-7-12(8-17)19-14(2,3)9-16/h4-6,10,12,17-18H,7-9H2,1-3H3/t10-,12?/m1/s1. The molecule has 1 fully saturated rings. The summed E-state index contributed by atoms with van der Waals surface area (Å²) in [5.74, 6) is 0.813. The van der Waals surface area contributed by atoms with E-state index >= 15 is 0 Å². The fraction of sp³-hybridized carbons (Fsp3) is 0.643. The quantitative estimate of drug-likeness (QED) is 0.858. The Hall–Kier alpha value is -1.17. The summed E-state index contributed by atoms with van der Waals surface area (Å²) in [6.07, 6.45) is 0.985. The van der Waals surface area contributed by atoms with E-state index in [1.807, 2.05) is 26.0 Å². The molecule has 1 aromatic heterocycles. The number of pyridine rings is 1. The summed E-state index contributed by atoms with van der Waals surface area (Å²) in [4.78, 5) is 6.45. The Labute approximate surface area is 113 Å². The first-order valence-corrected chi connectivity index (χ1v) is 6.59. The van der Waals surface area contributed by atoms with Crippen LogP contribution in [0.1, 0.15) is 32.4 Å². The van der Waals surface area contributed by atoms with Gasteiger partial charge in [-0.05, 0) is 38.5 Å². The van der Waals surface area contributed by atoms with Crippen LogP contribution in [0.5, 0.6) is 0 Å². The fourth-order valence-corrected chi connectivity index (χ4v) is 2.43. The molecule has 1 aliphatic rings. The molecule has 1 saturated heterocycles. The van der Waals surface area contributed by atoms with Crippen molar-refractivity contribution in [1.82, 2.24) is 4.98 Å². The summed E-state index contributed by atoms with van der Waals surface area (Å²) in [7, 11) is 0. The molecular formula is C14H22N2O3. The first-order valence-electron chi connectivity index (χ1n) is 6.59. The van der Waals surface area contributed by atoms with Gasteiger partial charge in [0.1, 0.15) is 5.82 Å². The molecule has 1 unspecified atom stereocenters. The molecule has 2 rings (SSSR count). The number of aromatic nitrogens is 1. The zero-order valence-corrected chi connectivity index (χ0v) is 11.7. The van der Waals surface area contributed by atoms with Crippen molar-refractivity contribution in [2.75, 3.05) is 24.6 Å². The monoisotopic (exact) mass is 266 g/mol. The fourth-order valence-electron chi connectivity index (χ4n) is 2.43. The Morgan fingerprint density at radius 1 is 1.58 bits per heavy atom. The first-order chi connectivity index (χ1) is 8.91. The minimum Gasteiger partial charge on any atom is -0.394 e. The van der Waals surface area contributed by atoms with Crippen LogP contribution in [0.3, 0.4) is 0 Å². The van der Waals surface area contributed by atoms with Crippen molar-refractivity contribution in [2.24, 2.45) is 0 Å². The van der Waals surface area contributed by atoms with E-state index in [0.717, 1.165) is 11.4 Å². The lowest BCUT2D eigenvalue weighted by Gasteiger charge is -2.42. The average molecular weight is 266 g/mol. The van der Waals surface area contributed by atoms with Crippen LogP contribution in [-0.2, 0) is 4.74 Å². The first kappa shape index (κ1) is 14.2. The molecule has 0 amide bonds. The highest BCUT2D eigenvalue weighted by Crippen LogP contribution is 2.26. The van der Waals surface area contributed by atoms with Gasteiger partial charge in [0, 0.05) is 19.3 Å². The number of hydrogen-bond acceptors (Lipinski definition) is 5. The van der Waals surface area contributed by atoms with Crippen molar-refractivity contribution in [2.45, 2.75) is 38.6 Å². The van der Waals surface area contributed by atoms with Crippen molar-refractivity contribution in [3.8, 4) is 0 Å². The summed E-state index contributed by atoms with van der Waals surface area (Å²) < 4.78 is 5.78. The molecule has 5 heteroatoms. The maximum atomic E-state index is 9.64. The van der Waals surface area contributed by atoms with Gasteiger partial charge in [-0.25, -0.2) is 4.98 Å². The third-order valence-electron chi connectivity index (χ3n) is 3.26. The van der Waals surface area contributed by atoms with E-state index in [4.69, 9.17) is 4.74 Å². The molecule has 1 aliphatic heterocycles. The number of ether oxygens (including phenoxy) is 1. The van der Waals surface area contributed by atoms with E-state index in [9.17, 15) is 10.2 Å². The minimum atomic E-state index is -0.510. The van der Waals surface area contributed by atoms with Gasteiger partial charge in [-0.3, -0.25) is 0 Å². The second kappa shape index (κ2) is 5.45. The molecule has 0 aromatic carbocycles. The maximum absolute atomic E-state index is 9.64. The lowest BCUT2D eigenvalue weighted by Crippen LogP contribution is -2.54. The SMILES string of the molecule is C[C@@H](O)c1ccnc(N2CC(CO)OC(C)(C)C2)c1. The van der Waals surface area contributed by atoms with Crippen LogP contribution < -0.4 is 4.90 Å². The number of aliphatic hydroxyl groups is 2. The van der Waals surface area contributed by atoms with Gasteiger partial charge in [0.05, 0.1) is 24.4 Å². The third kappa shape index (κ3) is 3.43. The topological polar surface area (TPSA) is 65.8 Å². The normalized spacial score (nSPS) is 24.3. The second-order valence-electron chi connectivity index (χ2n) is 5.69. The summed E-state index contributed by atoms with van der Waals surface area (Å²) >= 11 is 0. The summed E-state index contributed by atoms with van der Waals surface area (Å²) in [5.41, 5.74) is 0.517. The van der Waals surface area contributed by atoms with E-state index < -0.39 is 6.10 Å². The van der Waals surface area contributed by atoms with Crippen LogP contribution >= 0.6 is 0 Å². The maximum Gasteiger partial charge on any atom is 0.129 e. The molecule has 5 nitrogen and oxygen atoms in total. The molecule has 2 heterocycles. The van der Waals surface area contributed by atoms with Crippen molar-refractivity contribution in [3.05, 3.63) is 23.9 Å². The lowest BCUT2D eigenvalue weighted by molar-refractivity contribution is -0.101. The van der Waals surface area contributed by atoms with Gasteiger partial charge < -0.3 is 19.8 Å². The number of morpholine rings is 1. The van der Waals surface area contributed by atoms with E-state index in [2.05, 4.69) is 9.88 Å². The molecular weight excluding hydrogens is 244 g/mol. The van der Waals surface area contributed by atoms with Crippen molar-refractivity contribution < 1.29 is 14.9 Å². The zero-order chi connectivity index (χ0) is 14.0. The molecule has 1 aromatic rings. The van der Waals surface area contributed by atoms with E-state index in [0.29, 0.717) is 13.1 Å². The summed E-state index contributed by atoms with van der Waals surface area (Å²) in [5, 5.41) is 19.0. The summed E-state index contributed by atoms with van der Waals surface area (Å²) in [6.45, 7) is 7.05. The second-order valence-corrected chi connectivity index (χ2v) is 5.69. The zero-order valence-electron chi connectivity index (χ0n) is 11.7. The Morgan fingerprint density at radius 3 is 2.95 bits per heavy atom. The molecule has 0 aliphatic carbocycles. The molecule has 19 heavy (non-hydrogen) atoms. The van der Waals surface area contributed by atoms with E-state index in [1.54, 1.807) is 13.1 Å². The van der Waals surface area contributed by atoms with Crippen molar-refractivity contribution >= 4 is 5.82 Å². The number of aliphatic hydroxyl groups excluding tert-OH is 2. The molecule has 106 valence electrons. The third-order valence-corrected chi connectivity index (χ3v) is 3.26. The summed E-state index contributed by atoms with van der Waals surface area (Å²) in [6, 6.07) is 3.70. The molecule has 0 radical (unpaired) electrons. The Balaban J connectivity index is 2.22.